The Labute approximate surface area is 177 Å². The van der Waals surface area contributed by atoms with Crippen molar-refractivity contribution >= 4 is 55.0 Å². The molecule has 2 aromatic carbocycles. The van der Waals surface area contributed by atoms with Crippen LogP contribution in [0.1, 0.15) is 16.1 Å². The Bertz CT molecular complexity index is 1060. The molecule has 0 spiro atoms. The van der Waals surface area contributed by atoms with E-state index < -0.39 is 5.91 Å². The quantitative estimate of drug-likeness (QED) is 0.381. The van der Waals surface area contributed by atoms with Crippen LogP contribution in [-0.4, -0.2) is 33.5 Å². The molecular weight excluding hydrogens is 496 g/mol. The third-order valence-corrected chi connectivity index (χ3v) is 4.91. The van der Waals surface area contributed by atoms with E-state index in [2.05, 4.69) is 42.4 Å². The van der Waals surface area contributed by atoms with Crippen molar-refractivity contribution in [3.8, 4) is 17.2 Å². The van der Waals surface area contributed by atoms with E-state index >= 15 is 0 Å². The summed E-state index contributed by atoms with van der Waals surface area (Å²) in [7, 11) is 4.60. The zero-order valence-electron chi connectivity index (χ0n) is 15.2. The summed E-state index contributed by atoms with van der Waals surface area (Å²) in [5.41, 5.74) is 3.63. The molecule has 1 aromatic heterocycles. The topological polar surface area (TPSA) is 82.3 Å². The van der Waals surface area contributed by atoms with E-state index in [1.165, 1.54) is 27.5 Å². The molecule has 3 aromatic rings. The highest BCUT2D eigenvalue weighted by molar-refractivity contribution is 9.11. The number of hydrazone groups is 1. The number of hydrogen-bond donors (Lipinski definition) is 1. The number of carbonyl (C=O) groups excluding carboxylic acids is 1. The van der Waals surface area contributed by atoms with Crippen LogP contribution in [0.3, 0.4) is 0 Å². The number of ether oxygens (including phenoxy) is 3. The number of furan rings is 1. The van der Waals surface area contributed by atoms with Gasteiger partial charge in [0.1, 0.15) is 11.3 Å². The molecule has 0 aliphatic rings. The Morgan fingerprint density at radius 2 is 1.68 bits per heavy atom. The molecule has 146 valence electrons. The molecule has 0 bridgehead atoms. The molecular formula is C19H16Br2N2O5. The summed E-state index contributed by atoms with van der Waals surface area (Å²) in [6.45, 7) is 0. The molecule has 1 N–H and O–H groups in total. The van der Waals surface area contributed by atoms with Gasteiger partial charge in [0.25, 0.3) is 0 Å². The minimum absolute atomic E-state index is 0.144. The normalized spacial score (nSPS) is 11.0. The largest absolute Gasteiger partial charge is 0.496 e. The second kappa shape index (κ2) is 8.66. The van der Waals surface area contributed by atoms with E-state index in [0.717, 1.165) is 14.3 Å². The van der Waals surface area contributed by atoms with Crippen molar-refractivity contribution in [2.24, 2.45) is 5.10 Å². The van der Waals surface area contributed by atoms with Crippen molar-refractivity contribution in [1.29, 1.82) is 0 Å². The van der Waals surface area contributed by atoms with Gasteiger partial charge in [-0.2, -0.15) is 5.10 Å². The van der Waals surface area contributed by atoms with E-state index in [1.54, 1.807) is 18.2 Å². The van der Waals surface area contributed by atoms with Gasteiger partial charge in [-0.15, -0.1) is 0 Å². The predicted octanol–water partition coefficient (Wildman–Crippen LogP) is 4.75. The van der Waals surface area contributed by atoms with Crippen LogP contribution in [0.4, 0.5) is 0 Å². The Balaban J connectivity index is 1.81. The number of amides is 1. The van der Waals surface area contributed by atoms with Crippen LogP contribution >= 0.6 is 31.9 Å². The van der Waals surface area contributed by atoms with Crippen LogP contribution in [-0.2, 0) is 0 Å². The summed E-state index contributed by atoms with van der Waals surface area (Å²) in [5, 5.41) is 4.77. The van der Waals surface area contributed by atoms with E-state index in [9.17, 15) is 4.79 Å². The summed E-state index contributed by atoms with van der Waals surface area (Å²) in [6, 6.07) is 8.72. The van der Waals surface area contributed by atoms with Gasteiger partial charge in [0.15, 0.2) is 17.3 Å². The molecule has 28 heavy (non-hydrogen) atoms. The minimum atomic E-state index is -0.477. The summed E-state index contributed by atoms with van der Waals surface area (Å²) in [6.07, 6.45) is 1.45. The van der Waals surface area contributed by atoms with Gasteiger partial charge in [0.05, 0.1) is 32.0 Å². The van der Waals surface area contributed by atoms with Crippen LogP contribution in [0.25, 0.3) is 11.0 Å². The van der Waals surface area contributed by atoms with E-state index in [1.807, 2.05) is 12.1 Å². The van der Waals surface area contributed by atoms with Crippen LogP contribution in [0.2, 0.25) is 0 Å². The summed E-state index contributed by atoms with van der Waals surface area (Å²) < 4.78 is 23.1. The summed E-state index contributed by atoms with van der Waals surface area (Å²) >= 11 is 6.82. The molecule has 0 fully saturated rings. The molecule has 7 nitrogen and oxygen atoms in total. The maximum absolute atomic E-state index is 12.4. The van der Waals surface area contributed by atoms with Crippen LogP contribution in [0, 0.1) is 0 Å². The molecule has 1 heterocycles. The highest BCUT2D eigenvalue weighted by atomic mass is 79.9. The Morgan fingerprint density at radius 3 is 2.36 bits per heavy atom. The first-order valence-corrected chi connectivity index (χ1v) is 9.57. The first-order valence-electron chi connectivity index (χ1n) is 7.98. The molecule has 0 radical (unpaired) electrons. The second-order valence-corrected chi connectivity index (χ2v) is 7.33. The molecule has 0 saturated heterocycles. The molecule has 9 heteroatoms. The Hall–Kier alpha value is -2.52. The zero-order chi connectivity index (χ0) is 20.3. The number of carbonyl (C=O) groups is 1. The van der Waals surface area contributed by atoms with Crippen molar-refractivity contribution in [3.63, 3.8) is 0 Å². The summed E-state index contributed by atoms with van der Waals surface area (Å²) in [5.74, 6) is 1.23. The number of halogens is 2. The lowest BCUT2D eigenvalue weighted by Crippen LogP contribution is -2.16. The zero-order valence-corrected chi connectivity index (χ0v) is 18.4. The smallest absolute Gasteiger partial charge is 0.307 e. The maximum atomic E-state index is 12.4. The molecule has 1 amide bonds. The minimum Gasteiger partial charge on any atom is -0.496 e. The van der Waals surface area contributed by atoms with Crippen molar-refractivity contribution in [3.05, 3.63) is 50.6 Å². The second-order valence-electron chi connectivity index (χ2n) is 5.56. The highest BCUT2D eigenvalue weighted by Gasteiger charge is 2.15. The number of methoxy groups -OCH3 is 3. The fourth-order valence-corrected chi connectivity index (χ4v) is 3.90. The maximum Gasteiger partial charge on any atom is 0.307 e. The van der Waals surface area contributed by atoms with Gasteiger partial charge in [-0.25, -0.2) is 5.43 Å². The third-order valence-electron chi connectivity index (χ3n) is 3.87. The number of nitrogens with one attached hydrogen (secondary N) is 1. The lowest BCUT2D eigenvalue weighted by molar-refractivity contribution is 0.0929. The lowest BCUT2D eigenvalue weighted by Gasteiger charge is -2.11. The average Bonchev–Trinajstić information content (AvgIpc) is 3.11. The summed E-state index contributed by atoms with van der Waals surface area (Å²) in [4.78, 5) is 12.4. The van der Waals surface area contributed by atoms with Gasteiger partial charge in [0.2, 0.25) is 0 Å². The molecule has 3 rings (SSSR count). The van der Waals surface area contributed by atoms with Gasteiger partial charge in [0, 0.05) is 21.5 Å². The predicted molar refractivity (Wildman–Crippen MR) is 113 cm³/mol. The van der Waals surface area contributed by atoms with Crippen molar-refractivity contribution in [1.82, 2.24) is 5.43 Å². The van der Waals surface area contributed by atoms with Crippen LogP contribution in [0.15, 0.2) is 48.8 Å². The number of benzene rings is 2. The van der Waals surface area contributed by atoms with Crippen LogP contribution in [0.5, 0.6) is 17.2 Å². The van der Waals surface area contributed by atoms with Gasteiger partial charge in [-0.05, 0) is 40.2 Å². The molecule has 0 saturated carbocycles. The first-order chi connectivity index (χ1) is 13.5. The van der Waals surface area contributed by atoms with Crippen molar-refractivity contribution in [2.45, 2.75) is 0 Å². The van der Waals surface area contributed by atoms with E-state index in [0.29, 0.717) is 28.4 Å². The fourth-order valence-electron chi connectivity index (χ4n) is 2.56. The van der Waals surface area contributed by atoms with Gasteiger partial charge >= 0.3 is 5.91 Å². The SMILES string of the molecule is COc1cc(OC)c(OC)cc1/C=N\NC(=O)c1cc2cc(Br)cc(Br)c2o1. The van der Waals surface area contributed by atoms with Gasteiger partial charge in [-0.3, -0.25) is 4.79 Å². The Kier molecular flexibility index (Phi) is 6.25. The highest BCUT2D eigenvalue weighted by Crippen LogP contribution is 2.34. The molecule has 0 atom stereocenters. The number of rotatable bonds is 6. The van der Waals surface area contributed by atoms with Gasteiger partial charge in [-0.1, -0.05) is 15.9 Å². The molecule has 0 aliphatic heterocycles. The van der Waals surface area contributed by atoms with Crippen molar-refractivity contribution < 1.29 is 23.4 Å². The average molecular weight is 512 g/mol. The van der Waals surface area contributed by atoms with E-state index in [-0.39, 0.29) is 5.76 Å². The number of fused-ring (bicyclic) bond motifs is 1. The fraction of sp³-hybridized carbons (Fsp3) is 0.158. The van der Waals surface area contributed by atoms with Crippen LogP contribution < -0.4 is 19.6 Å². The van der Waals surface area contributed by atoms with Crippen molar-refractivity contribution in [2.75, 3.05) is 21.3 Å². The lowest BCUT2D eigenvalue weighted by atomic mass is 10.2. The standard InChI is InChI=1S/C19H16Br2N2O5/c1-25-14-8-16(27-3)15(26-2)6-11(14)9-22-23-19(24)17-5-10-4-12(20)7-13(21)18(10)28-17/h4-9H,1-3H3,(H,23,24)/b22-9-. The van der Waals surface area contributed by atoms with Gasteiger partial charge < -0.3 is 18.6 Å². The number of hydrogen-bond acceptors (Lipinski definition) is 6. The Morgan fingerprint density at radius 1 is 1.00 bits per heavy atom. The molecule has 0 aliphatic carbocycles. The number of nitrogens with zero attached hydrogens (tertiary/aromatic N) is 1. The molecule has 0 unspecified atom stereocenters. The monoisotopic (exact) mass is 510 g/mol. The first kappa shape index (κ1) is 20.2. The third kappa shape index (κ3) is 4.15. The van der Waals surface area contributed by atoms with E-state index in [4.69, 9.17) is 18.6 Å².